The van der Waals surface area contributed by atoms with E-state index in [-0.39, 0.29) is 11.6 Å². The molecule has 0 unspecified atom stereocenters. The Morgan fingerprint density at radius 3 is 2.52 bits per heavy atom. The lowest BCUT2D eigenvalue weighted by molar-refractivity contribution is -0.906. The molecule has 0 aliphatic carbocycles. The second-order valence-corrected chi connectivity index (χ2v) is 6.50. The highest BCUT2D eigenvalue weighted by Crippen LogP contribution is 2.30. The molecular weight excluding hydrogens is 348 g/mol. The van der Waals surface area contributed by atoms with Gasteiger partial charge in [0.1, 0.15) is 18.8 Å². The van der Waals surface area contributed by atoms with Crippen LogP contribution in [0.25, 0.3) is 0 Å². The van der Waals surface area contributed by atoms with Crippen LogP contribution in [0.5, 0.6) is 0 Å². The number of amides is 1. The van der Waals surface area contributed by atoms with Gasteiger partial charge in [-0.05, 0) is 18.2 Å². The number of hydrogen-bond donors (Lipinski definition) is 1. The maximum Gasteiger partial charge on any atom is 0.281 e. The lowest BCUT2D eigenvalue weighted by Gasteiger charge is -2.27. The van der Waals surface area contributed by atoms with Crippen molar-refractivity contribution in [1.29, 1.82) is 0 Å². The molecule has 0 saturated carbocycles. The topological polar surface area (TPSA) is 89.5 Å². The first-order valence-corrected chi connectivity index (χ1v) is 8.79. The molecule has 2 aromatic carbocycles. The number of non-ortho nitro benzene ring substituents is 1. The van der Waals surface area contributed by atoms with E-state index >= 15 is 0 Å². The highest BCUT2D eigenvalue weighted by Gasteiger charge is 2.36. The molecule has 8 heteroatoms. The molecule has 27 heavy (non-hydrogen) atoms. The van der Waals surface area contributed by atoms with E-state index in [0.717, 1.165) is 24.3 Å². The largest absolute Gasteiger partial charge is 0.370 e. The molecule has 1 fully saturated rings. The summed E-state index contributed by atoms with van der Waals surface area (Å²) in [6, 6.07) is 13.5. The fraction of sp³-hybridized carbons (Fsp3) is 0.263. The Morgan fingerprint density at radius 2 is 1.81 bits per heavy atom. The van der Waals surface area contributed by atoms with Crippen molar-refractivity contribution in [2.75, 3.05) is 37.9 Å². The Labute approximate surface area is 155 Å². The molecule has 8 nitrogen and oxygen atoms in total. The predicted octanol–water partition coefficient (Wildman–Crippen LogP) is 0.935. The summed E-state index contributed by atoms with van der Waals surface area (Å²) in [6.45, 7) is 3.69. The minimum absolute atomic E-state index is 0.00496. The first kappa shape index (κ1) is 17.3. The summed E-state index contributed by atoms with van der Waals surface area (Å²) in [5.41, 5.74) is 2.51. The van der Waals surface area contributed by atoms with Gasteiger partial charge in [-0.15, -0.1) is 0 Å². The summed E-state index contributed by atoms with van der Waals surface area (Å²) in [6.07, 6.45) is 0. The van der Waals surface area contributed by atoms with Crippen LogP contribution in [0.3, 0.4) is 0 Å². The number of nitrogens with one attached hydrogen (secondary N) is 1. The zero-order valence-electron chi connectivity index (χ0n) is 14.6. The lowest BCUT2D eigenvalue weighted by Crippen LogP contribution is -3.15. The average Bonchev–Trinajstić information content (AvgIpc) is 2.95. The maximum absolute atomic E-state index is 13.1. The van der Waals surface area contributed by atoms with E-state index < -0.39 is 4.92 Å². The number of nitrogens with zero attached hydrogens (tertiary/aromatic N) is 3. The third-order valence-electron chi connectivity index (χ3n) is 4.78. The van der Waals surface area contributed by atoms with Crippen molar-refractivity contribution >= 4 is 28.7 Å². The number of anilines is 1. The number of aliphatic imine (C=N–C) groups is 1. The number of morpholine rings is 1. The molecule has 0 atom stereocenters. The monoisotopic (exact) mass is 367 g/mol. The first-order chi connectivity index (χ1) is 13.1. The summed E-state index contributed by atoms with van der Waals surface area (Å²) in [4.78, 5) is 31.0. The molecule has 0 spiro atoms. The highest BCUT2D eigenvalue weighted by molar-refractivity contribution is 6.54. The van der Waals surface area contributed by atoms with E-state index in [2.05, 4.69) is 4.99 Å². The highest BCUT2D eigenvalue weighted by atomic mass is 16.6. The quantitative estimate of drug-likeness (QED) is 0.643. The standard InChI is InChI=1S/C19H18N4O4/c24-19-18(20-14-5-7-15(8-6-14)23(25)26)16-3-1-2-4-17(16)22(19)13-21-9-11-27-12-10-21/h1-8H,9-13H2/p+1. The molecule has 138 valence electrons. The molecular formula is C19H19N4O4+. The Morgan fingerprint density at radius 1 is 1.11 bits per heavy atom. The van der Waals surface area contributed by atoms with Gasteiger partial charge in [-0.25, -0.2) is 4.99 Å². The Kier molecular flexibility index (Phi) is 4.66. The number of ether oxygens (including phenoxy) is 1. The summed E-state index contributed by atoms with van der Waals surface area (Å²) < 4.78 is 5.39. The van der Waals surface area contributed by atoms with Gasteiger partial charge in [0, 0.05) is 17.7 Å². The SMILES string of the molecule is O=C1C(=Nc2ccc([N+](=O)[O-])cc2)c2ccccc2N1C[NH+]1CCOCC1. The number of carbonyl (C=O) groups excluding carboxylic acids is 1. The van der Waals surface area contributed by atoms with Crippen LogP contribution in [0, 0.1) is 10.1 Å². The summed E-state index contributed by atoms with van der Waals surface area (Å²) in [5.74, 6) is -0.145. The summed E-state index contributed by atoms with van der Waals surface area (Å²) >= 11 is 0. The van der Waals surface area contributed by atoms with E-state index in [1.165, 1.54) is 17.0 Å². The molecule has 1 N–H and O–H groups in total. The minimum Gasteiger partial charge on any atom is -0.370 e. The van der Waals surface area contributed by atoms with Gasteiger partial charge in [0.2, 0.25) is 0 Å². The predicted molar refractivity (Wildman–Crippen MR) is 99.6 cm³/mol. The molecule has 2 aliphatic rings. The molecule has 2 aromatic rings. The van der Waals surface area contributed by atoms with Gasteiger partial charge in [0.15, 0.2) is 6.67 Å². The van der Waals surface area contributed by atoms with Crippen LogP contribution in [0.1, 0.15) is 5.56 Å². The van der Waals surface area contributed by atoms with Crippen LogP contribution in [0.4, 0.5) is 17.1 Å². The number of nitro groups is 1. The zero-order valence-corrected chi connectivity index (χ0v) is 14.6. The molecule has 2 heterocycles. The molecule has 0 bridgehead atoms. The number of quaternary nitrogens is 1. The third kappa shape index (κ3) is 3.44. The fourth-order valence-electron chi connectivity index (χ4n) is 3.35. The lowest BCUT2D eigenvalue weighted by atomic mass is 10.1. The number of hydrogen-bond acceptors (Lipinski definition) is 5. The van der Waals surface area contributed by atoms with Gasteiger partial charge in [0.05, 0.1) is 29.5 Å². The molecule has 1 amide bonds. The van der Waals surface area contributed by atoms with Crippen LogP contribution in [0.2, 0.25) is 0 Å². The smallest absolute Gasteiger partial charge is 0.281 e. The summed E-state index contributed by atoms with van der Waals surface area (Å²) in [7, 11) is 0. The van der Waals surface area contributed by atoms with Crippen molar-refractivity contribution < 1.29 is 19.4 Å². The summed E-state index contributed by atoms with van der Waals surface area (Å²) in [5, 5.41) is 10.8. The van der Waals surface area contributed by atoms with Gasteiger partial charge >= 0.3 is 0 Å². The Bertz CT molecular complexity index is 904. The van der Waals surface area contributed by atoms with Crippen molar-refractivity contribution in [1.82, 2.24) is 0 Å². The van der Waals surface area contributed by atoms with Crippen LogP contribution in [-0.2, 0) is 9.53 Å². The number of benzene rings is 2. The second-order valence-electron chi connectivity index (χ2n) is 6.50. The molecule has 2 aliphatic heterocycles. The van der Waals surface area contributed by atoms with E-state index in [4.69, 9.17) is 4.74 Å². The maximum atomic E-state index is 13.1. The molecule has 4 rings (SSSR count). The van der Waals surface area contributed by atoms with Crippen LogP contribution in [-0.4, -0.2) is 49.5 Å². The van der Waals surface area contributed by atoms with E-state index in [9.17, 15) is 14.9 Å². The van der Waals surface area contributed by atoms with Gasteiger partial charge in [-0.1, -0.05) is 18.2 Å². The van der Waals surface area contributed by atoms with Gasteiger partial charge in [-0.3, -0.25) is 19.8 Å². The molecule has 0 aromatic heterocycles. The van der Waals surface area contributed by atoms with Gasteiger partial charge in [-0.2, -0.15) is 0 Å². The van der Waals surface area contributed by atoms with Crippen molar-refractivity contribution in [3.05, 3.63) is 64.2 Å². The number of para-hydroxylation sites is 1. The molecule has 0 radical (unpaired) electrons. The van der Waals surface area contributed by atoms with Crippen molar-refractivity contribution in [2.45, 2.75) is 0 Å². The van der Waals surface area contributed by atoms with Gasteiger partial charge < -0.3 is 9.64 Å². The Balaban J connectivity index is 1.65. The third-order valence-corrected chi connectivity index (χ3v) is 4.78. The van der Waals surface area contributed by atoms with Crippen molar-refractivity contribution in [3.8, 4) is 0 Å². The first-order valence-electron chi connectivity index (χ1n) is 8.79. The number of rotatable bonds is 4. The van der Waals surface area contributed by atoms with Crippen LogP contribution < -0.4 is 9.80 Å². The van der Waals surface area contributed by atoms with Crippen molar-refractivity contribution in [2.24, 2.45) is 4.99 Å². The van der Waals surface area contributed by atoms with E-state index in [1.807, 2.05) is 24.3 Å². The van der Waals surface area contributed by atoms with Crippen LogP contribution >= 0.6 is 0 Å². The zero-order chi connectivity index (χ0) is 18.8. The number of nitro benzene ring substituents is 1. The van der Waals surface area contributed by atoms with Gasteiger partial charge in [0.25, 0.3) is 11.6 Å². The fourth-order valence-corrected chi connectivity index (χ4v) is 3.35. The van der Waals surface area contributed by atoms with E-state index in [0.29, 0.717) is 31.3 Å². The average molecular weight is 367 g/mol. The second kappa shape index (κ2) is 7.26. The van der Waals surface area contributed by atoms with Crippen LogP contribution in [0.15, 0.2) is 53.5 Å². The minimum atomic E-state index is -0.459. The molecule has 1 saturated heterocycles. The van der Waals surface area contributed by atoms with E-state index in [1.54, 1.807) is 17.0 Å². The van der Waals surface area contributed by atoms with Crippen molar-refractivity contribution in [3.63, 3.8) is 0 Å². The number of fused-ring (bicyclic) bond motifs is 1. The normalized spacial score (nSPS) is 18.7. The Hall–Kier alpha value is -3.10. The number of carbonyl (C=O) groups is 1.